The summed E-state index contributed by atoms with van der Waals surface area (Å²) in [6.07, 6.45) is -1.75. The van der Waals surface area contributed by atoms with Crippen LogP contribution in [0.1, 0.15) is 6.42 Å². The SMILES string of the molecule is C=C(COCCC(F)(F)C(F)(F)S(=O)(=O)O)C(=O)Oc1ccc2sc(=O)oc2c1. The molecule has 2 rings (SSSR count). The predicted molar refractivity (Wildman–Crippen MR) is 92.0 cm³/mol. The van der Waals surface area contributed by atoms with Crippen molar-refractivity contribution in [2.75, 3.05) is 13.2 Å². The summed E-state index contributed by atoms with van der Waals surface area (Å²) in [5, 5.41) is -5.70. The maximum atomic E-state index is 13.3. The van der Waals surface area contributed by atoms with Crippen LogP contribution in [0, 0.1) is 0 Å². The Morgan fingerprint density at radius 3 is 2.55 bits per heavy atom. The first-order valence-electron chi connectivity index (χ1n) is 7.48. The summed E-state index contributed by atoms with van der Waals surface area (Å²) < 4.78 is 96.5. The molecule has 0 fully saturated rings. The van der Waals surface area contributed by atoms with Gasteiger partial charge in [0.1, 0.15) is 5.75 Å². The van der Waals surface area contributed by atoms with E-state index in [2.05, 4.69) is 11.3 Å². The Bertz CT molecular complexity index is 1090. The molecule has 0 aliphatic carbocycles. The molecule has 0 aliphatic rings. The van der Waals surface area contributed by atoms with E-state index in [1.165, 1.54) is 18.2 Å². The van der Waals surface area contributed by atoms with Crippen LogP contribution in [-0.4, -0.2) is 43.3 Å². The number of hydrogen-bond donors (Lipinski definition) is 1. The van der Waals surface area contributed by atoms with E-state index in [4.69, 9.17) is 13.7 Å². The second kappa shape index (κ2) is 8.22. The fraction of sp³-hybridized carbons (Fsp3) is 0.333. The van der Waals surface area contributed by atoms with E-state index >= 15 is 0 Å². The first-order valence-corrected chi connectivity index (χ1v) is 9.74. The number of carbonyl (C=O) groups is 1. The summed E-state index contributed by atoms with van der Waals surface area (Å²) in [6, 6.07) is 4.08. The van der Waals surface area contributed by atoms with E-state index in [0.717, 1.165) is 11.3 Å². The van der Waals surface area contributed by atoms with Crippen LogP contribution in [0.2, 0.25) is 0 Å². The molecule has 8 nitrogen and oxygen atoms in total. The Labute approximate surface area is 164 Å². The Hall–Kier alpha value is -2.29. The molecule has 14 heteroatoms. The molecule has 29 heavy (non-hydrogen) atoms. The Balaban J connectivity index is 1.87. The summed E-state index contributed by atoms with van der Waals surface area (Å²) in [7, 11) is -6.33. The molecule has 1 aromatic carbocycles. The summed E-state index contributed by atoms with van der Waals surface area (Å²) in [5.74, 6) is -6.15. The first kappa shape index (κ1) is 23.0. The Morgan fingerprint density at radius 2 is 1.93 bits per heavy atom. The molecule has 0 bridgehead atoms. The van der Waals surface area contributed by atoms with Gasteiger partial charge in [-0.1, -0.05) is 17.9 Å². The number of fused-ring (bicyclic) bond motifs is 1. The highest BCUT2D eigenvalue weighted by Gasteiger charge is 2.65. The third kappa shape index (κ3) is 5.20. The van der Waals surface area contributed by atoms with Gasteiger partial charge in [-0.2, -0.15) is 26.0 Å². The molecule has 0 unspecified atom stereocenters. The lowest BCUT2D eigenvalue weighted by Crippen LogP contribution is -2.47. The van der Waals surface area contributed by atoms with Crippen LogP contribution in [0.5, 0.6) is 5.75 Å². The zero-order chi connectivity index (χ0) is 22.0. The van der Waals surface area contributed by atoms with Gasteiger partial charge in [0.05, 0.1) is 23.5 Å². The van der Waals surface area contributed by atoms with Crippen molar-refractivity contribution in [2.45, 2.75) is 17.6 Å². The molecule has 1 N–H and O–H groups in total. The third-order valence-electron chi connectivity index (χ3n) is 3.39. The molecule has 160 valence electrons. The van der Waals surface area contributed by atoms with Crippen LogP contribution in [-0.2, 0) is 19.6 Å². The fourth-order valence-corrected chi connectivity index (χ4v) is 3.01. The van der Waals surface area contributed by atoms with E-state index in [1.54, 1.807) is 0 Å². The zero-order valence-corrected chi connectivity index (χ0v) is 15.8. The molecule has 0 saturated heterocycles. The Kier molecular flexibility index (Phi) is 6.51. The molecule has 1 heterocycles. The van der Waals surface area contributed by atoms with Crippen LogP contribution in [0.25, 0.3) is 10.3 Å². The van der Waals surface area contributed by atoms with Crippen LogP contribution in [0.15, 0.2) is 39.6 Å². The van der Waals surface area contributed by atoms with Crippen LogP contribution in [0.3, 0.4) is 0 Å². The maximum Gasteiger partial charge on any atom is 0.431 e. The number of ether oxygens (including phenoxy) is 2. The highest BCUT2D eigenvalue weighted by molar-refractivity contribution is 7.87. The molecule has 1 aromatic heterocycles. The van der Waals surface area contributed by atoms with E-state index in [-0.39, 0.29) is 16.9 Å². The standard InChI is InChI=1S/C15H12F4O8S2/c1-8(7-25-5-4-14(16,17)15(18,19)29(22,23)24)12(20)26-9-2-3-11-10(6-9)27-13(21)28-11/h2-3,6H,1,4-5,7H2,(H,22,23,24). The molecule has 2 aromatic rings. The van der Waals surface area contributed by atoms with E-state index in [0.29, 0.717) is 4.70 Å². The molecule has 0 radical (unpaired) electrons. The number of alkyl halides is 4. The summed E-state index contributed by atoms with van der Waals surface area (Å²) in [6.45, 7) is 1.55. The van der Waals surface area contributed by atoms with Crippen LogP contribution in [0.4, 0.5) is 17.6 Å². The molecule has 0 spiro atoms. The molecular formula is C15H12F4O8S2. The minimum absolute atomic E-state index is 0.00970. The molecule has 0 amide bonds. The van der Waals surface area contributed by atoms with E-state index < -0.39 is 51.8 Å². The van der Waals surface area contributed by atoms with Crippen molar-refractivity contribution in [1.29, 1.82) is 0 Å². The summed E-state index contributed by atoms with van der Waals surface area (Å²) in [4.78, 5) is 22.4. The lowest BCUT2D eigenvalue weighted by Gasteiger charge is -2.23. The number of halogens is 4. The van der Waals surface area contributed by atoms with Crippen LogP contribution < -0.4 is 9.68 Å². The molecular weight excluding hydrogens is 448 g/mol. The molecule has 0 atom stereocenters. The van der Waals surface area contributed by atoms with Crippen molar-refractivity contribution in [1.82, 2.24) is 0 Å². The molecule has 0 aliphatic heterocycles. The average Bonchev–Trinajstić information content (AvgIpc) is 2.96. The lowest BCUT2D eigenvalue weighted by molar-refractivity contribution is -0.170. The van der Waals surface area contributed by atoms with Gasteiger partial charge in [0.2, 0.25) is 0 Å². The monoisotopic (exact) mass is 460 g/mol. The Morgan fingerprint density at radius 1 is 1.28 bits per heavy atom. The predicted octanol–water partition coefficient (Wildman–Crippen LogP) is 2.84. The first-order chi connectivity index (χ1) is 13.2. The van der Waals surface area contributed by atoms with E-state index in [1.807, 2.05) is 0 Å². The number of esters is 1. The highest BCUT2D eigenvalue weighted by atomic mass is 32.2. The van der Waals surface area contributed by atoms with Crippen molar-refractivity contribution in [2.24, 2.45) is 0 Å². The van der Waals surface area contributed by atoms with Crippen molar-refractivity contribution in [3.05, 3.63) is 40.1 Å². The van der Waals surface area contributed by atoms with Gasteiger partial charge in [-0.3, -0.25) is 4.55 Å². The second-order valence-electron chi connectivity index (χ2n) is 5.55. The smallest absolute Gasteiger partial charge is 0.423 e. The largest absolute Gasteiger partial charge is 0.431 e. The average molecular weight is 460 g/mol. The summed E-state index contributed by atoms with van der Waals surface area (Å²) in [5.41, 5.74) is -0.184. The second-order valence-corrected chi connectivity index (χ2v) is 7.99. The normalized spacial score (nSPS) is 12.9. The summed E-state index contributed by atoms with van der Waals surface area (Å²) >= 11 is 0.836. The highest BCUT2D eigenvalue weighted by Crippen LogP contribution is 2.40. The van der Waals surface area contributed by atoms with Crippen LogP contribution >= 0.6 is 11.3 Å². The van der Waals surface area contributed by atoms with Gasteiger partial charge in [-0.05, 0) is 12.1 Å². The lowest BCUT2D eigenvalue weighted by atomic mass is 10.2. The fourth-order valence-electron chi connectivity index (χ4n) is 1.88. The van der Waals surface area contributed by atoms with Crippen molar-refractivity contribution >= 4 is 37.7 Å². The number of rotatable bonds is 9. The van der Waals surface area contributed by atoms with Crippen molar-refractivity contribution in [3.8, 4) is 5.75 Å². The van der Waals surface area contributed by atoms with Gasteiger partial charge in [0.15, 0.2) is 5.58 Å². The van der Waals surface area contributed by atoms with Gasteiger partial charge in [-0.25, -0.2) is 9.59 Å². The number of carbonyl (C=O) groups excluding carboxylic acids is 1. The maximum absolute atomic E-state index is 13.3. The van der Waals surface area contributed by atoms with Crippen molar-refractivity contribution < 1.29 is 49.2 Å². The minimum Gasteiger partial charge on any atom is -0.423 e. The molecule has 0 saturated carbocycles. The van der Waals surface area contributed by atoms with Crippen molar-refractivity contribution in [3.63, 3.8) is 0 Å². The van der Waals surface area contributed by atoms with Gasteiger partial charge >= 0.3 is 32.2 Å². The topological polar surface area (TPSA) is 120 Å². The van der Waals surface area contributed by atoms with Gasteiger partial charge in [0, 0.05) is 12.5 Å². The van der Waals surface area contributed by atoms with E-state index in [9.17, 15) is 35.6 Å². The minimum atomic E-state index is -6.33. The third-order valence-corrected chi connectivity index (χ3v) is 5.14. The number of benzene rings is 1. The quantitative estimate of drug-likeness (QED) is 0.152. The van der Waals surface area contributed by atoms with Gasteiger partial charge < -0.3 is 13.9 Å². The van der Waals surface area contributed by atoms with Gasteiger partial charge in [0.25, 0.3) is 0 Å². The van der Waals surface area contributed by atoms with Gasteiger partial charge in [-0.15, -0.1) is 0 Å². The number of hydrogen-bond acceptors (Lipinski definition) is 8. The zero-order valence-electron chi connectivity index (χ0n) is 14.2.